The maximum Gasteiger partial charge on any atom is 0.274 e. The minimum absolute atomic E-state index is 0.0000252. The van der Waals surface area contributed by atoms with Crippen molar-refractivity contribution < 1.29 is 9.32 Å². The zero-order chi connectivity index (χ0) is 16.6. The third-order valence-electron chi connectivity index (χ3n) is 4.45. The summed E-state index contributed by atoms with van der Waals surface area (Å²) in [6.45, 7) is 7.23. The van der Waals surface area contributed by atoms with Gasteiger partial charge in [-0.25, -0.2) is 0 Å². The lowest BCUT2D eigenvalue weighted by molar-refractivity contribution is 0.0722. The number of halogens is 1. The second kappa shape index (κ2) is 6.35. The minimum atomic E-state index is -0.0699. The number of rotatable bonds is 4. The molecule has 7 heteroatoms. The Labute approximate surface area is 140 Å². The highest BCUT2D eigenvalue weighted by molar-refractivity contribution is 6.33. The van der Waals surface area contributed by atoms with Crippen molar-refractivity contribution in [1.29, 1.82) is 0 Å². The largest absolute Gasteiger partial charge is 0.361 e. The van der Waals surface area contributed by atoms with E-state index in [0.717, 1.165) is 36.3 Å². The van der Waals surface area contributed by atoms with E-state index in [9.17, 15) is 4.79 Å². The minimum Gasteiger partial charge on any atom is -0.361 e. The van der Waals surface area contributed by atoms with Gasteiger partial charge in [0.05, 0.1) is 23.0 Å². The maximum absolute atomic E-state index is 13.1. The summed E-state index contributed by atoms with van der Waals surface area (Å²) in [5, 5.41) is 8.66. The van der Waals surface area contributed by atoms with Gasteiger partial charge in [-0.05, 0) is 26.7 Å². The number of nitrogens with zero attached hydrogens (tertiary/aromatic N) is 4. The quantitative estimate of drug-likeness (QED) is 0.858. The highest BCUT2D eigenvalue weighted by atomic mass is 35.5. The highest BCUT2D eigenvalue weighted by Gasteiger charge is 2.36. The molecule has 0 saturated carbocycles. The van der Waals surface area contributed by atoms with E-state index in [1.165, 1.54) is 6.20 Å². The van der Waals surface area contributed by atoms with E-state index in [4.69, 9.17) is 16.1 Å². The number of carbonyl (C=O) groups is 1. The molecule has 0 spiro atoms. The van der Waals surface area contributed by atoms with Gasteiger partial charge in [0.1, 0.15) is 11.5 Å². The van der Waals surface area contributed by atoms with Crippen molar-refractivity contribution >= 4 is 17.5 Å². The summed E-state index contributed by atoms with van der Waals surface area (Å²) in [4.78, 5) is 14.9. The van der Waals surface area contributed by atoms with Gasteiger partial charge in [0.15, 0.2) is 0 Å². The summed E-state index contributed by atoms with van der Waals surface area (Å²) in [5.74, 6) is 0.793. The molecule has 0 aliphatic carbocycles. The fourth-order valence-electron chi connectivity index (χ4n) is 3.37. The molecule has 1 aliphatic rings. The molecule has 3 rings (SSSR count). The average molecular weight is 337 g/mol. The van der Waals surface area contributed by atoms with Crippen LogP contribution in [0.1, 0.15) is 60.2 Å². The normalized spacial score (nSPS) is 17.9. The first-order chi connectivity index (χ1) is 11.1. The molecule has 1 amide bonds. The van der Waals surface area contributed by atoms with E-state index in [1.807, 2.05) is 25.7 Å². The first-order valence-corrected chi connectivity index (χ1v) is 8.43. The lowest BCUT2D eigenvalue weighted by atomic mass is 10.0. The fourth-order valence-corrected chi connectivity index (χ4v) is 3.59. The summed E-state index contributed by atoms with van der Waals surface area (Å²) in [6.07, 6.45) is 4.18. The van der Waals surface area contributed by atoms with E-state index in [-0.39, 0.29) is 11.9 Å². The number of likely N-dealkylation sites (tertiary alicyclic amines) is 1. The van der Waals surface area contributed by atoms with Crippen LogP contribution in [0.25, 0.3) is 0 Å². The molecular weight excluding hydrogens is 316 g/mol. The molecule has 0 aromatic carbocycles. The van der Waals surface area contributed by atoms with Gasteiger partial charge >= 0.3 is 0 Å². The van der Waals surface area contributed by atoms with E-state index >= 15 is 0 Å². The first-order valence-electron chi connectivity index (χ1n) is 8.05. The van der Waals surface area contributed by atoms with Crippen LogP contribution in [0.3, 0.4) is 0 Å². The Morgan fingerprint density at radius 1 is 1.48 bits per heavy atom. The van der Waals surface area contributed by atoms with E-state index < -0.39 is 0 Å². The SMILES string of the molecule is CCc1onc(C)c1C1CCCN1C(=O)c1c(Cl)cnn1CC. The zero-order valence-electron chi connectivity index (χ0n) is 13.7. The van der Waals surface area contributed by atoms with Crippen molar-refractivity contribution in [2.45, 2.75) is 52.6 Å². The Balaban J connectivity index is 1.97. The smallest absolute Gasteiger partial charge is 0.274 e. The predicted molar refractivity (Wildman–Crippen MR) is 86.5 cm³/mol. The molecule has 0 radical (unpaired) electrons. The Bertz CT molecular complexity index is 722. The fraction of sp³-hybridized carbons (Fsp3) is 0.562. The molecular formula is C16H21ClN4O2. The summed E-state index contributed by atoms with van der Waals surface area (Å²) in [6, 6.07) is -0.0000252. The monoisotopic (exact) mass is 336 g/mol. The molecule has 1 aliphatic heterocycles. The average Bonchev–Trinajstić information content (AvgIpc) is 3.24. The van der Waals surface area contributed by atoms with E-state index in [1.54, 1.807) is 4.68 Å². The molecule has 1 atom stereocenters. The predicted octanol–water partition coefficient (Wildman–Crippen LogP) is 3.39. The van der Waals surface area contributed by atoms with Crippen LogP contribution in [0.2, 0.25) is 5.02 Å². The summed E-state index contributed by atoms with van der Waals surface area (Å²) in [7, 11) is 0. The van der Waals surface area contributed by atoms with Gasteiger partial charge < -0.3 is 9.42 Å². The number of hydrogen-bond acceptors (Lipinski definition) is 4. The molecule has 1 unspecified atom stereocenters. The van der Waals surface area contributed by atoms with Crippen LogP contribution in [0, 0.1) is 6.92 Å². The van der Waals surface area contributed by atoms with Gasteiger partial charge in [-0.15, -0.1) is 0 Å². The highest BCUT2D eigenvalue weighted by Crippen LogP contribution is 2.37. The molecule has 0 N–H and O–H groups in total. The number of amides is 1. The maximum atomic E-state index is 13.1. The van der Waals surface area contributed by atoms with E-state index in [2.05, 4.69) is 10.3 Å². The Morgan fingerprint density at radius 2 is 2.26 bits per heavy atom. The molecule has 2 aromatic rings. The van der Waals surface area contributed by atoms with Gasteiger partial charge in [-0.3, -0.25) is 9.48 Å². The number of hydrogen-bond donors (Lipinski definition) is 0. The van der Waals surface area contributed by atoms with Crippen molar-refractivity contribution in [2.24, 2.45) is 0 Å². The summed E-state index contributed by atoms with van der Waals surface area (Å²) in [5.41, 5.74) is 2.38. The molecule has 3 heterocycles. The van der Waals surface area contributed by atoms with E-state index in [0.29, 0.717) is 23.8 Å². The number of aryl methyl sites for hydroxylation is 3. The zero-order valence-corrected chi connectivity index (χ0v) is 14.4. The lowest BCUT2D eigenvalue weighted by Gasteiger charge is -2.25. The van der Waals surface area contributed by atoms with Crippen LogP contribution in [0.4, 0.5) is 0 Å². The standard InChI is InChI=1S/C16H21ClN4O2/c1-4-13-14(10(3)19-23-13)12-7-6-8-20(12)16(22)15-11(17)9-18-21(15)5-2/h9,12H,4-8H2,1-3H3. The Kier molecular flexibility index (Phi) is 4.43. The second-order valence-electron chi connectivity index (χ2n) is 5.77. The molecule has 1 saturated heterocycles. The molecule has 0 bridgehead atoms. The van der Waals surface area contributed by atoms with Gasteiger partial charge in [-0.2, -0.15) is 5.10 Å². The third kappa shape index (κ3) is 2.65. The Morgan fingerprint density at radius 3 is 2.96 bits per heavy atom. The third-order valence-corrected chi connectivity index (χ3v) is 4.72. The van der Waals surface area contributed by atoms with Crippen LogP contribution in [0.5, 0.6) is 0 Å². The molecule has 1 fully saturated rings. The topological polar surface area (TPSA) is 64.2 Å². The lowest BCUT2D eigenvalue weighted by Crippen LogP contribution is -2.33. The summed E-state index contributed by atoms with van der Waals surface area (Å²) < 4.78 is 7.07. The second-order valence-corrected chi connectivity index (χ2v) is 6.18. The van der Waals surface area contributed by atoms with Crippen LogP contribution < -0.4 is 0 Å². The van der Waals surface area contributed by atoms with Crippen LogP contribution >= 0.6 is 11.6 Å². The van der Waals surface area contributed by atoms with Gasteiger partial charge in [-0.1, -0.05) is 23.7 Å². The van der Waals surface area contributed by atoms with Crippen molar-refractivity contribution in [3.63, 3.8) is 0 Å². The van der Waals surface area contributed by atoms with Crippen molar-refractivity contribution in [3.05, 3.63) is 33.9 Å². The van der Waals surface area contributed by atoms with Gasteiger partial charge in [0.2, 0.25) is 0 Å². The number of carbonyl (C=O) groups excluding carboxylic acids is 1. The molecule has 2 aromatic heterocycles. The van der Waals surface area contributed by atoms with Crippen LogP contribution in [-0.4, -0.2) is 32.3 Å². The molecule has 6 nitrogen and oxygen atoms in total. The number of aromatic nitrogens is 3. The summed E-state index contributed by atoms with van der Waals surface area (Å²) >= 11 is 6.20. The van der Waals surface area contributed by atoms with Gasteiger partial charge in [0.25, 0.3) is 5.91 Å². The van der Waals surface area contributed by atoms with Crippen molar-refractivity contribution in [3.8, 4) is 0 Å². The first kappa shape index (κ1) is 16.1. The van der Waals surface area contributed by atoms with Crippen molar-refractivity contribution in [2.75, 3.05) is 6.54 Å². The molecule has 124 valence electrons. The van der Waals surface area contributed by atoms with Crippen molar-refractivity contribution in [1.82, 2.24) is 19.8 Å². The molecule has 23 heavy (non-hydrogen) atoms. The van der Waals surface area contributed by atoms with Gasteiger partial charge in [0, 0.05) is 25.1 Å². The van der Waals surface area contributed by atoms with Crippen LogP contribution in [0.15, 0.2) is 10.7 Å². The Hall–Kier alpha value is -1.82. The van der Waals surface area contributed by atoms with Crippen LogP contribution in [-0.2, 0) is 13.0 Å².